The van der Waals surface area contributed by atoms with Crippen molar-refractivity contribution in [2.75, 3.05) is 0 Å². The summed E-state index contributed by atoms with van der Waals surface area (Å²) in [5.41, 5.74) is 7.83. The van der Waals surface area contributed by atoms with E-state index in [4.69, 9.17) is 0 Å². The molecule has 28 heavy (non-hydrogen) atoms. The molecule has 0 spiro atoms. The summed E-state index contributed by atoms with van der Waals surface area (Å²) in [7, 11) is 0. The molecule has 0 heteroatoms. The maximum absolute atomic E-state index is 2.38. The van der Waals surface area contributed by atoms with E-state index in [0.29, 0.717) is 0 Å². The molecule has 0 nitrogen and oxygen atoms in total. The Kier molecular flexibility index (Phi) is 3.98. The lowest BCUT2D eigenvalue weighted by atomic mass is 9.90. The molecule has 0 bridgehead atoms. The molecular formula is C28H22. The fraction of sp³-hybridized carbons (Fsp3) is 0.0714. The molecule has 0 fully saturated rings. The van der Waals surface area contributed by atoms with Crippen molar-refractivity contribution in [3.63, 3.8) is 0 Å². The Balaban J connectivity index is 1.86. The van der Waals surface area contributed by atoms with Gasteiger partial charge >= 0.3 is 0 Å². The second-order valence-corrected chi connectivity index (χ2v) is 7.54. The molecule has 0 unspecified atom stereocenters. The third-order valence-corrected chi connectivity index (χ3v) is 5.75. The lowest BCUT2D eigenvalue weighted by Crippen LogP contribution is -1.88. The molecule has 5 aromatic carbocycles. The first-order valence-corrected chi connectivity index (χ1v) is 9.80. The minimum Gasteiger partial charge on any atom is -0.0620 e. The Bertz CT molecular complexity index is 1220. The monoisotopic (exact) mass is 358 g/mol. The molecule has 134 valence electrons. The highest BCUT2D eigenvalue weighted by Crippen LogP contribution is 2.37. The van der Waals surface area contributed by atoms with E-state index in [9.17, 15) is 0 Å². The normalized spacial score (nSPS) is 11.2. The minimum atomic E-state index is 1.29. The van der Waals surface area contributed by atoms with Gasteiger partial charge in [-0.15, -0.1) is 0 Å². The third kappa shape index (κ3) is 2.70. The largest absolute Gasteiger partial charge is 0.0620 e. The zero-order chi connectivity index (χ0) is 19.1. The zero-order valence-corrected chi connectivity index (χ0v) is 16.2. The van der Waals surface area contributed by atoms with Gasteiger partial charge in [-0.1, -0.05) is 84.9 Å². The molecule has 5 rings (SSSR count). The van der Waals surface area contributed by atoms with Crippen molar-refractivity contribution in [2.45, 2.75) is 13.8 Å². The Morgan fingerprint density at radius 2 is 0.821 bits per heavy atom. The Labute approximate surface area is 166 Å². The average molecular weight is 358 g/mol. The molecule has 0 saturated carbocycles. The van der Waals surface area contributed by atoms with Crippen LogP contribution in [-0.4, -0.2) is 0 Å². The van der Waals surface area contributed by atoms with Crippen LogP contribution in [0.5, 0.6) is 0 Å². The summed E-state index contributed by atoms with van der Waals surface area (Å²) in [5.74, 6) is 0. The van der Waals surface area contributed by atoms with E-state index in [1.165, 1.54) is 54.9 Å². The first-order chi connectivity index (χ1) is 13.7. The van der Waals surface area contributed by atoms with E-state index in [-0.39, 0.29) is 0 Å². The Morgan fingerprint density at radius 1 is 0.393 bits per heavy atom. The van der Waals surface area contributed by atoms with Crippen molar-refractivity contribution in [3.05, 3.63) is 108 Å². The lowest BCUT2D eigenvalue weighted by molar-refractivity contribution is 1.46. The summed E-state index contributed by atoms with van der Waals surface area (Å²) >= 11 is 0. The molecule has 5 aromatic rings. The van der Waals surface area contributed by atoms with Crippen molar-refractivity contribution in [1.82, 2.24) is 0 Å². The van der Waals surface area contributed by atoms with E-state index in [1.807, 2.05) is 0 Å². The molecule has 0 N–H and O–H groups in total. The van der Waals surface area contributed by atoms with Crippen LogP contribution in [0.3, 0.4) is 0 Å². The van der Waals surface area contributed by atoms with E-state index in [1.54, 1.807) is 0 Å². The molecule has 0 aliphatic rings. The van der Waals surface area contributed by atoms with Crippen LogP contribution in [0.4, 0.5) is 0 Å². The SMILES string of the molecule is Cc1ccccc1-c1cccc2cc3cccc(-c4ccccc4C)c3cc12. The molecule has 0 radical (unpaired) electrons. The van der Waals surface area contributed by atoms with Crippen molar-refractivity contribution in [2.24, 2.45) is 0 Å². The number of fused-ring (bicyclic) bond motifs is 2. The van der Waals surface area contributed by atoms with Gasteiger partial charge in [-0.2, -0.15) is 0 Å². The van der Waals surface area contributed by atoms with Gasteiger partial charge in [0, 0.05) is 0 Å². The van der Waals surface area contributed by atoms with E-state index in [2.05, 4.69) is 111 Å². The van der Waals surface area contributed by atoms with E-state index >= 15 is 0 Å². The standard InChI is InChI=1S/C28H22/c1-19-9-3-5-13-23(19)25-15-7-11-21-17-22-12-8-16-26(28(22)18-27(21)25)24-14-6-4-10-20(24)2/h3-18H,1-2H3. The number of hydrogen-bond donors (Lipinski definition) is 0. The van der Waals surface area contributed by atoms with Crippen LogP contribution in [0.2, 0.25) is 0 Å². The molecule has 0 amide bonds. The van der Waals surface area contributed by atoms with Gasteiger partial charge in [-0.05, 0) is 80.9 Å². The predicted octanol–water partition coefficient (Wildman–Crippen LogP) is 7.94. The highest BCUT2D eigenvalue weighted by molar-refractivity contribution is 6.09. The highest BCUT2D eigenvalue weighted by Gasteiger charge is 2.11. The molecule has 0 aliphatic carbocycles. The van der Waals surface area contributed by atoms with Crippen LogP contribution < -0.4 is 0 Å². The van der Waals surface area contributed by atoms with Crippen LogP contribution in [-0.2, 0) is 0 Å². The minimum absolute atomic E-state index is 1.29. The summed E-state index contributed by atoms with van der Waals surface area (Å²) < 4.78 is 0. The third-order valence-electron chi connectivity index (χ3n) is 5.75. The fourth-order valence-corrected chi connectivity index (χ4v) is 4.27. The van der Waals surface area contributed by atoms with Gasteiger partial charge in [0.25, 0.3) is 0 Å². The van der Waals surface area contributed by atoms with Crippen molar-refractivity contribution < 1.29 is 0 Å². The van der Waals surface area contributed by atoms with Crippen molar-refractivity contribution >= 4 is 21.5 Å². The molecular weight excluding hydrogens is 336 g/mol. The maximum atomic E-state index is 2.38. The Hall–Kier alpha value is -3.38. The molecule has 0 saturated heterocycles. The van der Waals surface area contributed by atoms with Gasteiger partial charge in [-0.25, -0.2) is 0 Å². The second-order valence-electron chi connectivity index (χ2n) is 7.54. The maximum Gasteiger partial charge on any atom is -0.00987 e. The first kappa shape index (κ1) is 16.8. The van der Waals surface area contributed by atoms with Crippen molar-refractivity contribution in [3.8, 4) is 22.3 Å². The van der Waals surface area contributed by atoms with E-state index in [0.717, 1.165) is 0 Å². The Morgan fingerprint density at radius 3 is 1.29 bits per heavy atom. The number of aryl methyl sites for hydroxylation is 2. The zero-order valence-electron chi connectivity index (χ0n) is 16.2. The van der Waals surface area contributed by atoms with Gasteiger partial charge in [-0.3, -0.25) is 0 Å². The summed E-state index contributed by atoms with van der Waals surface area (Å²) in [6.45, 7) is 4.38. The molecule has 0 aromatic heterocycles. The van der Waals surface area contributed by atoms with Crippen LogP contribution in [0.15, 0.2) is 97.1 Å². The number of rotatable bonds is 2. The van der Waals surface area contributed by atoms with Crippen molar-refractivity contribution in [1.29, 1.82) is 0 Å². The first-order valence-electron chi connectivity index (χ1n) is 9.80. The summed E-state index contributed by atoms with van der Waals surface area (Å²) in [6.07, 6.45) is 0. The molecule has 0 heterocycles. The average Bonchev–Trinajstić information content (AvgIpc) is 2.72. The number of benzene rings is 5. The van der Waals surface area contributed by atoms with Gasteiger partial charge in [0.2, 0.25) is 0 Å². The van der Waals surface area contributed by atoms with Gasteiger partial charge in [0.05, 0.1) is 0 Å². The molecule has 0 aliphatic heterocycles. The highest BCUT2D eigenvalue weighted by atomic mass is 14.1. The topological polar surface area (TPSA) is 0 Å². The van der Waals surface area contributed by atoms with Crippen LogP contribution in [0.25, 0.3) is 43.8 Å². The smallest absolute Gasteiger partial charge is 0.00987 e. The van der Waals surface area contributed by atoms with Crippen LogP contribution in [0, 0.1) is 13.8 Å². The summed E-state index contributed by atoms with van der Waals surface area (Å²) in [5, 5.41) is 5.20. The lowest BCUT2D eigenvalue weighted by Gasteiger charge is -2.14. The number of hydrogen-bond acceptors (Lipinski definition) is 0. The predicted molar refractivity (Wildman–Crippen MR) is 122 cm³/mol. The van der Waals surface area contributed by atoms with E-state index < -0.39 is 0 Å². The van der Waals surface area contributed by atoms with Gasteiger partial charge < -0.3 is 0 Å². The summed E-state index contributed by atoms with van der Waals surface area (Å²) in [4.78, 5) is 0. The van der Waals surface area contributed by atoms with Crippen LogP contribution in [0.1, 0.15) is 11.1 Å². The fourth-order valence-electron chi connectivity index (χ4n) is 4.27. The quantitative estimate of drug-likeness (QED) is 0.281. The summed E-state index contributed by atoms with van der Waals surface area (Å²) in [6, 6.07) is 35.3. The van der Waals surface area contributed by atoms with Crippen LogP contribution >= 0.6 is 0 Å². The van der Waals surface area contributed by atoms with Gasteiger partial charge in [0.15, 0.2) is 0 Å². The van der Waals surface area contributed by atoms with Gasteiger partial charge in [0.1, 0.15) is 0 Å². The molecule has 0 atom stereocenters. The second kappa shape index (κ2) is 6.65.